The number of hydrogen-bond acceptors (Lipinski definition) is 2. The summed E-state index contributed by atoms with van der Waals surface area (Å²) in [6.45, 7) is 0.422. The molecule has 3 nitrogen and oxygen atoms in total. The Morgan fingerprint density at radius 3 is 2.68 bits per heavy atom. The van der Waals surface area contributed by atoms with Gasteiger partial charge in [-0.2, -0.15) is 5.10 Å². The van der Waals surface area contributed by atoms with Crippen molar-refractivity contribution in [2.75, 3.05) is 0 Å². The van der Waals surface area contributed by atoms with Gasteiger partial charge >= 0.3 is 0 Å². The quantitative estimate of drug-likeness (QED) is 0.660. The molecule has 0 unspecified atom stereocenters. The summed E-state index contributed by atoms with van der Waals surface area (Å²) < 4.78 is 17.4. The van der Waals surface area contributed by atoms with Crippen molar-refractivity contribution in [3.8, 4) is 11.4 Å². The third-order valence-corrected chi connectivity index (χ3v) is 4.06. The first-order valence-corrected chi connectivity index (χ1v) is 7.47. The number of hydrogen-bond donors (Lipinski definition) is 0. The van der Waals surface area contributed by atoms with Crippen molar-refractivity contribution < 1.29 is 4.39 Å². The van der Waals surface area contributed by atoms with E-state index in [0.29, 0.717) is 16.3 Å². The number of benzene rings is 2. The van der Waals surface area contributed by atoms with Crippen molar-refractivity contribution in [3.63, 3.8) is 0 Å². The highest BCUT2D eigenvalue weighted by Gasteiger charge is 2.10. The van der Waals surface area contributed by atoms with Crippen LogP contribution in [-0.2, 0) is 13.6 Å². The van der Waals surface area contributed by atoms with E-state index in [-0.39, 0.29) is 5.82 Å². The summed E-state index contributed by atoms with van der Waals surface area (Å²) in [6, 6.07) is 13.9. The lowest BCUT2D eigenvalue weighted by atomic mass is 10.2. The molecule has 0 aliphatic heterocycles. The van der Waals surface area contributed by atoms with Crippen LogP contribution in [0.15, 0.2) is 48.5 Å². The molecule has 0 spiro atoms. The molecule has 0 atom stereocenters. The zero-order chi connectivity index (χ0) is 15.7. The Kier molecular flexibility index (Phi) is 4.09. The summed E-state index contributed by atoms with van der Waals surface area (Å²) in [5.41, 5.74) is 1.70. The maximum atomic E-state index is 13.3. The van der Waals surface area contributed by atoms with Crippen molar-refractivity contribution in [2.24, 2.45) is 7.05 Å². The first-order chi connectivity index (χ1) is 10.5. The minimum absolute atomic E-state index is 0.269. The Balaban J connectivity index is 2.01. The summed E-state index contributed by atoms with van der Waals surface area (Å²) in [5.74, 6) is 0.457. The Bertz CT molecular complexity index is 885. The molecule has 0 saturated heterocycles. The SMILES string of the molecule is Cn1c(-c2cccc(Cl)c2)nn(Cc2cccc(F)c2)c1=S. The van der Waals surface area contributed by atoms with Crippen molar-refractivity contribution in [2.45, 2.75) is 6.54 Å². The Labute approximate surface area is 137 Å². The second-order valence-electron chi connectivity index (χ2n) is 4.96. The third-order valence-electron chi connectivity index (χ3n) is 3.35. The van der Waals surface area contributed by atoms with Crippen LogP contribution in [0.2, 0.25) is 5.02 Å². The number of aromatic nitrogens is 3. The monoisotopic (exact) mass is 333 g/mol. The van der Waals surface area contributed by atoms with Crippen LogP contribution in [0.4, 0.5) is 4.39 Å². The average molecular weight is 334 g/mol. The molecule has 3 aromatic rings. The topological polar surface area (TPSA) is 22.8 Å². The molecule has 0 saturated carbocycles. The fourth-order valence-corrected chi connectivity index (χ4v) is 2.66. The van der Waals surface area contributed by atoms with Crippen LogP contribution >= 0.6 is 23.8 Å². The van der Waals surface area contributed by atoms with Gasteiger partial charge in [-0.3, -0.25) is 0 Å². The molecule has 1 aromatic heterocycles. The number of rotatable bonds is 3. The lowest BCUT2D eigenvalue weighted by molar-refractivity contribution is 0.617. The van der Waals surface area contributed by atoms with Gasteiger partial charge in [0, 0.05) is 17.6 Å². The Morgan fingerprint density at radius 1 is 1.18 bits per heavy atom. The van der Waals surface area contributed by atoms with E-state index in [1.165, 1.54) is 12.1 Å². The second kappa shape index (κ2) is 6.02. The molecule has 3 rings (SSSR count). The van der Waals surface area contributed by atoms with Gasteiger partial charge in [0.15, 0.2) is 10.6 Å². The smallest absolute Gasteiger partial charge is 0.198 e. The largest absolute Gasteiger partial charge is 0.303 e. The van der Waals surface area contributed by atoms with E-state index in [0.717, 1.165) is 17.0 Å². The van der Waals surface area contributed by atoms with E-state index >= 15 is 0 Å². The molecule has 0 aliphatic rings. The first kappa shape index (κ1) is 14.9. The predicted molar refractivity (Wildman–Crippen MR) is 88.0 cm³/mol. The highest BCUT2D eigenvalue weighted by Crippen LogP contribution is 2.21. The van der Waals surface area contributed by atoms with Gasteiger partial charge in [0.2, 0.25) is 0 Å². The second-order valence-corrected chi connectivity index (χ2v) is 5.76. The minimum atomic E-state index is -0.269. The van der Waals surface area contributed by atoms with Gasteiger partial charge in [0.1, 0.15) is 5.82 Å². The van der Waals surface area contributed by atoms with Gasteiger partial charge in [-0.1, -0.05) is 35.9 Å². The lowest BCUT2D eigenvalue weighted by Gasteiger charge is -2.01. The predicted octanol–water partition coefficient (Wildman–Crippen LogP) is 4.46. The first-order valence-electron chi connectivity index (χ1n) is 6.69. The van der Waals surface area contributed by atoms with Crippen LogP contribution in [-0.4, -0.2) is 14.3 Å². The summed E-state index contributed by atoms with van der Waals surface area (Å²) >= 11 is 11.4. The van der Waals surface area contributed by atoms with E-state index in [2.05, 4.69) is 5.10 Å². The standard InChI is InChI=1S/C16H13ClFN3S/c1-20-15(12-5-3-6-13(17)9-12)19-21(16(20)22)10-11-4-2-7-14(18)8-11/h2-9H,10H2,1H3. The Morgan fingerprint density at radius 2 is 1.95 bits per heavy atom. The zero-order valence-electron chi connectivity index (χ0n) is 11.8. The molecule has 1 heterocycles. The normalized spacial score (nSPS) is 10.9. The molecule has 0 amide bonds. The summed E-state index contributed by atoms with van der Waals surface area (Å²) in [6.07, 6.45) is 0. The molecule has 0 N–H and O–H groups in total. The fraction of sp³-hybridized carbons (Fsp3) is 0.125. The highest BCUT2D eigenvalue weighted by atomic mass is 35.5. The molecule has 6 heteroatoms. The minimum Gasteiger partial charge on any atom is -0.303 e. The van der Waals surface area contributed by atoms with Crippen LogP contribution in [0.25, 0.3) is 11.4 Å². The molecule has 0 radical (unpaired) electrons. The van der Waals surface area contributed by atoms with Gasteiger partial charge in [-0.05, 0) is 42.0 Å². The highest BCUT2D eigenvalue weighted by molar-refractivity contribution is 7.71. The van der Waals surface area contributed by atoms with Gasteiger partial charge in [0.25, 0.3) is 0 Å². The van der Waals surface area contributed by atoms with Crippen LogP contribution in [0, 0.1) is 10.6 Å². The van der Waals surface area contributed by atoms with Crippen LogP contribution in [0.1, 0.15) is 5.56 Å². The molecular weight excluding hydrogens is 321 g/mol. The van der Waals surface area contributed by atoms with E-state index in [1.807, 2.05) is 41.9 Å². The van der Waals surface area contributed by atoms with Gasteiger partial charge < -0.3 is 4.57 Å². The van der Waals surface area contributed by atoms with Gasteiger partial charge in [-0.15, -0.1) is 0 Å². The van der Waals surface area contributed by atoms with E-state index in [9.17, 15) is 4.39 Å². The molecule has 0 aliphatic carbocycles. The van der Waals surface area contributed by atoms with E-state index in [4.69, 9.17) is 23.8 Å². The van der Waals surface area contributed by atoms with Crippen molar-refractivity contribution in [1.82, 2.24) is 14.3 Å². The summed E-state index contributed by atoms with van der Waals surface area (Å²) in [4.78, 5) is 0. The lowest BCUT2D eigenvalue weighted by Crippen LogP contribution is -2.02. The van der Waals surface area contributed by atoms with E-state index in [1.54, 1.807) is 10.7 Å². The van der Waals surface area contributed by atoms with Gasteiger partial charge in [-0.25, -0.2) is 9.07 Å². The van der Waals surface area contributed by atoms with Gasteiger partial charge in [0.05, 0.1) is 6.54 Å². The van der Waals surface area contributed by atoms with Crippen molar-refractivity contribution >= 4 is 23.8 Å². The molecule has 0 bridgehead atoms. The van der Waals surface area contributed by atoms with Crippen LogP contribution in [0.5, 0.6) is 0 Å². The maximum Gasteiger partial charge on any atom is 0.198 e. The maximum absolute atomic E-state index is 13.3. The Hall–Kier alpha value is -1.98. The van der Waals surface area contributed by atoms with Crippen LogP contribution in [0.3, 0.4) is 0 Å². The summed E-state index contributed by atoms with van der Waals surface area (Å²) in [5, 5.41) is 5.18. The molecule has 112 valence electrons. The summed E-state index contributed by atoms with van der Waals surface area (Å²) in [7, 11) is 1.85. The third kappa shape index (κ3) is 2.96. The van der Waals surface area contributed by atoms with Crippen molar-refractivity contribution in [1.29, 1.82) is 0 Å². The van der Waals surface area contributed by atoms with Crippen molar-refractivity contribution in [3.05, 3.63) is 69.7 Å². The number of nitrogens with zero attached hydrogens (tertiary/aromatic N) is 3. The average Bonchev–Trinajstić information content (AvgIpc) is 2.76. The zero-order valence-corrected chi connectivity index (χ0v) is 13.4. The van der Waals surface area contributed by atoms with Crippen LogP contribution < -0.4 is 0 Å². The molecular formula is C16H13ClFN3S. The number of halogens is 2. The molecule has 22 heavy (non-hydrogen) atoms. The molecule has 0 fully saturated rings. The molecule has 2 aromatic carbocycles. The van der Waals surface area contributed by atoms with E-state index < -0.39 is 0 Å². The fourth-order valence-electron chi connectivity index (χ4n) is 2.28.